The predicted octanol–water partition coefficient (Wildman–Crippen LogP) is 0.612. The van der Waals surface area contributed by atoms with Gasteiger partial charge in [0.05, 0.1) is 5.92 Å². The van der Waals surface area contributed by atoms with Crippen molar-refractivity contribution < 1.29 is 9.59 Å². The highest BCUT2D eigenvalue weighted by molar-refractivity contribution is 5.84. The first kappa shape index (κ1) is 12.0. The van der Waals surface area contributed by atoms with Crippen molar-refractivity contribution in [2.45, 2.75) is 27.7 Å². The number of carbonyl (C=O) groups excluding carboxylic acids is 2. The van der Waals surface area contributed by atoms with E-state index < -0.39 is 0 Å². The molecule has 2 atom stereocenters. The van der Waals surface area contributed by atoms with Crippen molar-refractivity contribution in [3.05, 3.63) is 0 Å². The van der Waals surface area contributed by atoms with Gasteiger partial charge in [0.25, 0.3) is 0 Å². The van der Waals surface area contributed by atoms with Crippen LogP contribution in [0.2, 0.25) is 0 Å². The van der Waals surface area contributed by atoms with Gasteiger partial charge in [0.2, 0.25) is 11.8 Å². The van der Waals surface area contributed by atoms with Crippen LogP contribution in [0.4, 0.5) is 0 Å². The third-order valence-electron chi connectivity index (χ3n) is 2.91. The van der Waals surface area contributed by atoms with E-state index in [4.69, 9.17) is 5.73 Å². The summed E-state index contributed by atoms with van der Waals surface area (Å²) >= 11 is 0. The van der Waals surface area contributed by atoms with Crippen molar-refractivity contribution >= 4 is 11.8 Å². The molecule has 1 heterocycles. The van der Waals surface area contributed by atoms with Gasteiger partial charge < -0.3 is 10.6 Å². The molecule has 1 fully saturated rings. The van der Waals surface area contributed by atoms with Crippen LogP contribution in [0.25, 0.3) is 0 Å². The van der Waals surface area contributed by atoms with Gasteiger partial charge >= 0.3 is 0 Å². The molecule has 2 N–H and O–H groups in total. The van der Waals surface area contributed by atoms with Gasteiger partial charge in [-0.15, -0.1) is 0 Å². The molecule has 0 aromatic carbocycles. The molecule has 1 aliphatic heterocycles. The maximum Gasteiger partial charge on any atom is 0.227 e. The molecule has 2 amide bonds. The zero-order valence-electron chi connectivity index (χ0n) is 9.91. The van der Waals surface area contributed by atoms with E-state index in [1.165, 1.54) is 0 Å². The van der Waals surface area contributed by atoms with Crippen LogP contribution in [0.1, 0.15) is 27.7 Å². The second kappa shape index (κ2) is 3.83. The summed E-state index contributed by atoms with van der Waals surface area (Å²) in [5.41, 5.74) is 4.90. The number of nitrogens with two attached hydrogens (primary N) is 1. The Morgan fingerprint density at radius 1 is 1.27 bits per heavy atom. The molecule has 0 bridgehead atoms. The van der Waals surface area contributed by atoms with Crippen molar-refractivity contribution in [2.24, 2.45) is 23.0 Å². The van der Waals surface area contributed by atoms with Gasteiger partial charge in [-0.3, -0.25) is 9.59 Å². The van der Waals surface area contributed by atoms with Gasteiger partial charge in [-0.1, -0.05) is 27.7 Å². The molecule has 0 aromatic rings. The number of hydrogen-bond donors (Lipinski definition) is 1. The van der Waals surface area contributed by atoms with Crippen LogP contribution in [0.3, 0.4) is 0 Å². The van der Waals surface area contributed by atoms with Crippen LogP contribution in [0.5, 0.6) is 0 Å². The number of likely N-dealkylation sites (tertiary alicyclic amines) is 1. The molecule has 1 aliphatic rings. The van der Waals surface area contributed by atoms with Gasteiger partial charge in [0.1, 0.15) is 0 Å². The Balaban J connectivity index is 2.71. The van der Waals surface area contributed by atoms with Crippen LogP contribution < -0.4 is 5.73 Å². The van der Waals surface area contributed by atoms with Gasteiger partial charge in [-0.05, 0) is 5.92 Å². The van der Waals surface area contributed by atoms with Gasteiger partial charge in [0, 0.05) is 18.5 Å². The molecule has 4 nitrogen and oxygen atoms in total. The van der Waals surface area contributed by atoms with E-state index in [2.05, 4.69) is 0 Å². The first-order valence-corrected chi connectivity index (χ1v) is 5.32. The molecule has 0 spiro atoms. The fourth-order valence-corrected chi connectivity index (χ4v) is 1.98. The first-order chi connectivity index (χ1) is 6.73. The second-order valence-electron chi connectivity index (χ2n) is 5.45. The zero-order valence-corrected chi connectivity index (χ0v) is 9.91. The minimum atomic E-state index is -0.383. The van der Waals surface area contributed by atoms with E-state index in [1.807, 2.05) is 27.7 Å². The van der Waals surface area contributed by atoms with Crippen LogP contribution in [-0.2, 0) is 9.59 Å². The third kappa shape index (κ3) is 2.49. The molecule has 15 heavy (non-hydrogen) atoms. The van der Waals surface area contributed by atoms with Crippen LogP contribution in [0.15, 0.2) is 0 Å². The average molecular weight is 212 g/mol. The molecule has 0 unspecified atom stereocenters. The van der Waals surface area contributed by atoms with Crippen LogP contribution in [-0.4, -0.2) is 29.8 Å². The van der Waals surface area contributed by atoms with E-state index in [0.29, 0.717) is 13.1 Å². The monoisotopic (exact) mass is 212 g/mol. The lowest BCUT2D eigenvalue weighted by Crippen LogP contribution is -2.38. The quantitative estimate of drug-likeness (QED) is 0.692. The standard InChI is InChI=1S/C11H20N2O2/c1-7-5-13(6-8(7)9(12)14)10(15)11(2,3)4/h7-8H,5-6H2,1-4H3,(H2,12,14)/t7-,8-/m1/s1. The molecule has 4 heteroatoms. The number of amides is 2. The largest absolute Gasteiger partial charge is 0.369 e. The Morgan fingerprint density at radius 3 is 2.13 bits per heavy atom. The van der Waals surface area contributed by atoms with Crippen molar-refractivity contribution in [3.8, 4) is 0 Å². The molecule has 0 aromatic heterocycles. The van der Waals surface area contributed by atoms with E-state index in [-0.39, 0.29) is 29.1 Å². The molecular weight excluding hydrogens is 192 g/mol. The lowest BCUT2D eigenvalue weighted by atomic mass is 9.95. The predicted molar refractivity (Wildman–Crippen MR) is 57.9 cm³/mol. The molecule has 0 saturated carbocycles. The molecule has 0 radical (unpaired) electrons. The summed E-state index contributed by atoms with van der Waals surface area (Å²) in [7, 11) is 0. The van der Waals surface area contributed by atoms with Crippen molar-refractivity contribution in [1.82, 2.24) is 4.90 Å². The summed E-state index contributed by atoms with van der Waals surface area (Å²) in [5, 5.41) is 0. The van der Waals surface area contributed by atoms with E-state index in [9.17, 15) is 9.59 Å². The summed E-state index contributed by atoms with van der Waals surface area (Å²) < 4.78 is 0. The lowest BCUT2D eigenvalue weighted by molar-refractivity contribution is -0.138. The number of carbonyl (C=O) groups is 2. The topological polar surface area (TPSA) is 63.4 Å². The smallest absolute Gasteiger partial charge is 0.227 e. The Bertz CT molecular complexity index is 281. The van der Waals surface area contributed by atoms with E-state index in [0.717, 1.165) is 0 Å². The number of rotatable bonds is 1. The fourth-order valence-electron chi connectivity index (χ4n) is 1.98. The van der Waals surface area contributed by atoms with Crippen molar-refractivity contribution in [2.75, 3.05) is 13.1 Å². The molecule has 86 valence electrons. The number of nitrogens with zero attached hydrogens (tertiary/aromatic N) is 1. The summed E-state index contributed by atoms with van der Waals surface area (Å²) in [4.78, 5) is 24.8. The normalized spacial score (nSPS) is 26.8. The molecule has 1 saturated heterocycles. The van der Waals surface area contributed by atoms with E-state index >= 15 is 0 Å². The van der Waals surface area contributed by atoms with Gasteiger partial charge in [-0.25, -0.2) is 0 Å². The summed E-state index contributed by atoms with van der Waals surface area (Å²) in [6.07, 6.45) is 0. The maximum atomic E-state index is 12.0. The highest BCUT2D eigenvalue weighted by Gasteiger charge is 2.38. The van der Waals surface area contributed by atoms with Crippen molar-refractivity contribution in [3.63, 3.8) is 0 Å². The highest BCUT2D eigenvalue weighted by Crippen LogP contribution is 2.27. The van der Waals surface area contributed by atoms with Crippen LogP contribution >= 0.6 is 0 Å². The zero-order chi connectivity index (χ0) is 11.8. The fraction of sp³-hybridized carbons (Fsp3) is 0.818. The first-order valence-electron chi connectivity index (χ1n) is 5.32. The highest BCUT2D eigenvalue weighted by atomic mass is 16.2. The Hall–Kier alpha value is -1.06. The number of hydrogen-bond acceptors (Lipinski definition) is 2. The maximum absolute atomic E-state index is 12.0. The number of primary amides is 1. The molecule has 1 rings (SSSR count). The third-order valence-corrected chi connectivity index (χ3v) is 2.91. The minimum Gasteiger partial charge on any atom is -0.369 e. The second-order valence-corrected chi connectivity index (χ2v) is 5.45. The Kier molecular flexibility index (Phi) is 3.07. The Morgan fingerprint density at radius 2 is 1.80 bits per heavy atom. The SMILES string of the molecule is C[C@@H]1CN(C(=O)C(C)(C)C)C[C@H]1C(N)=O. The average Bonchev–Trinajstić information content (AvgIpc) is 2.44. The Labute approximate surface area is 90.8 Å². The minimum absolute atomic E-state index is 0.0955. The summed E-state index contributed by atoms with van der Waals surface area (Å²) in [6, 6.07) is 0. The van der Waals surface area contributed by atoms with Gasteiger partial charge in [0.15, 0.2) is 0 Å². The van der Waals surface area contributed by atoms with Crippen molar-refractivity contribution in [1.29, 1.82) is 0 Å². The summed E-state index contributed by atoms with van der Waals surface area (Å²) in [5.74, 6) is -0.213. The van der Waals surface area contributed by atoms with E-state index in [1.54, 1.807) is 4.90 Å². The molecular formula is C11H20N2O2. The van der Waals surface area contributed by atoms with Crippen LogP contribution in [0, 0.1) is 17.3 Å². The lowest BCUT2D eigenvalue weighted by Gasteiger charge is -2.25. The molecule has 0 aliphatic carbocycles. The van der Waals surface area contributed by atoms with Gasteiger partial charge in [-0.2, -0.15) is 0 Å². The summed E-state index contributed by atoms with van der Waals surface area (Å²) in [6.45, 7) is 8.74.